The summed E-state index contributed by atoms with van der Waals surface area (Å²) in [5, 5.41) is 0. The maximum absolute atomic E-state index is 2.28. The van der Waals surface area contributed by atoms with Crippen molar-refractivity contribution < 1.29 is 48.0 Å². The van der Waals surface area contributed by atoms with Crippen LogP contribution in [0.4, 0.5) is 11.4 Å². The normalized spacial score (nSPS) is 11.6. The summed E-state index contributed by atoms with van der Waals surface area (Å²) < 4.78 is 1.66. The molecule has 0 amide bonds. The van der Waals surface area contributed by atoms with Crippen LogP contribution >= 0.6 is 0 Å². The molecule has 0 heterocycles. The topological polar surface area (TPSA) is 0 Å². The van der Waals surface area contributed by atoms with Gasteiger partial charge in [-0.3, -0.25) is 8.97 Å². The number of rotatable bonds is 5. The van der Waals surface area contributed by atoms with Gasteiger partial charge in [-0.25, -0.2) is 0 Å². The molecule has 0 bridgehead atoms. The molecule has 0 radical (unpaired) electrons. The second kappa shape index (κ2) is 10.4. The molecule has 156 valence electrons. The fourth-order valence-electron chi connectivity index (χ4n) is 3.45. The minimum atomic E-state index is 0. The summed E-state index contributed by atoms with van der Waals surface area (Å²) >= 11 is 0. The van der Waals surface area contributed by atoms with Crippen molar-refractivity contribution in [3.63, 3.8) is 0 Å². The summed E-state index contributed by atoms with van der Waals surface area (Å²) in [4.78, 5) is 0. The molecular weight excluding hydrogens is 582 g/mol. The first-order valence-corrected chi connectivity index (χ1v) is 9.55. The first-order valence-electron chi connectivity index (χ1n) is 9.55. The van der Waals surface area contributed by atoms with Crippen molar-refractivity contribution in [2.45, 2.75) is 5.92 Å². The van der Waals surface area contributed by atoms with Gasteiger partial charge in [0.15, 0.2) is 0 Å². The molecule has 0 N–H and O–H groups in total. The van der Waals surface area contributed by atoms with Crippen molar-refractivity contribution >= 4 is 11.4 Å². The predicted molar refractivity (Wildman–Crippen MR) is 119 cm³/mol. The molecule has 0 aromatic heterocycles. The van der Waals surface area contributed by atoms with E-state index in [0.29, 0.717) is 0 Å². The minimum absolute atomic E-state index is 0. The van der Waals surface area contributed by atoms with Crippen LogP contribution in [0.15, 0.2) is 78.9 Å². The lowest BCUT2D eigenvalue weighted by Crippen LogP contribution is -3.00. The number of hydrogen-bond donors (Lipinski definition) is 0. The average Bonchev–Trinajstić information content (AvgIpc) is 2.62. The monoisotopic (exact) mass is 614 g/mol. The Morgan fingerprint density at radius 2 is 0.759 bits per heavy atom. The highest BCUT2D eigenvalue weighted by molar-refractivity contribution is 5.51. The first kappa shape index (κ1) is 26.1. The molecule has 0 fully saturated rings. The van der Waals surface area contributed by atoms with Gasteiger partial charge in [-0.1, -0.05) is 54.6 Å². The van der Waals surface area contributed by atoms with Crippen LogP contribution in [0.5, 0.6) is 0 Å². The van der Waals surface area contributed by atoms with Crippen LogP contribution in [-0.4, -0.2) is 42.3 Å². The van der Waals surface area contributed by atoms with Gasteiger partial charge in [0.05, 0.1) is 42.3 Å². The summed E-state index contributed by atoms with van der Waals surface area (Å²) in [7, 11) is 13.2. The second-order valence-electron chi connectivity index (χ2n) is 9.05. The molecule has 0 spiro atoms. The summed E-state index contributed by atoms with van der Waals surface area (Å²) in [5.74, 6) is 0.245. The van der Waals surface area contributed by atoms with E-state index in [9.17, 15) is 0 Å². The number of hydrogen-bond acceptors (Lipinski definition) is 0. The molecule has 3 rings (SSSR count). The Morgan fingerprint density at radius 1 is 0.448 bits per heavy atom. The van der Waals surface area contributed by atoms with Crippen LogP contribution < -0.4 is 56.9 Å². The maximum Gasteiger partial charge on any atom is 0.132 e. The predicted octanol–water partition coefficient (Wildman–Crippen LogP) is -0.732. The molecule has 4 heteroatoms. The van der Waals surface area contributed by atoms with Crippen LogP contribution in [0.2, 0.25) is 0 Å². The van der Waals surface area contributed by atoms with Gasteiger partial charge in [-0.2, -0.15) is 0 Å². The van der Waals surface area contributed by atoms with E-state index in [1.807, 2.05) is 0 Å². The Kier molecular flexibility index (Phi) is 9.33. The third kappa shape index (κ3) is 6.51. The summed E-state index contributed by atoms with van der Waals surface area (Å²) in [6, 6.07) is 28.9. The van der Waals surface area contributed by atoms with Crippen molar-refractivity contribution in [3.05, 3.63) is 95.6 Å². The van der Waals surface area contributed by atoms with Crippen molar-refractivity contribution in [2.24, 2.45) is 0 Å². The van der Waals surface area contributed by atoms with Crippen LogP contribution in [0.3, 0.4) is 0 Å². The van der Waals surface area contributed by atoms with E-state index in [4.69, 9.17) is 0 Å². The zero-order valence-electron chi connectivity index (χ0n) is 18.2. The molecular formula is C25H32I2N2. The van der Waals surface area contributed by atoms with Gasteiger partial charge in [0.1, 0.15) is 11.4 Å². The first-order chi connectivity index (χ1) is 12.7. The highest BCUT2D eigenvalue weighted by Gasteiger charge is 2.20. The van der Waals surface area contributed by atoms with Crippen LogP contribution in [0.1, 0.15) is 22.6 Å². The van der Waals surface area contributed by atoms with E-state index < -0.39 is 0 Å². The van der Waals surface area contributed by atoms with Gasteiger partial charge in [0, 0.05) is 5.92 Å². The van der Waals surface area contributed by atoms with Gasteiger partial charge in [0.2, 0.25) is 0 Å². The summed E-state index contributed by atoms with van der Waals surface area (Å²) in [6.07, 6.45) is 0. The van der Waals surface area contributed by atoms with E-state index in [2.05, 4.69) is 121 Å². The zero-order valence-corrected chi connectivity index (χ0v) is 22.5. The molecule has 0 atom stereocenters. The average molecular weight is 614 g/mol. The fourth-order valence-corrected chi connectivity index (χ4v) is 3.45. The van der Waals surface area contributed by atoms with Crippen LogP contribution in [-0.2, 0) is 0 Å². The van der Waals surface area contributed by atoms with Gasteiger partial charge < -0.3 is 48.0 Å². The Hall–Kier alpha value is -0.960. The number of quaternary nitrogens is 2. The van der Waals surface area contributed by atoms with Gasteiger partial charge in [0.25, 0.3) is 0 Å². The molecule has 29 heavy (non-hydrogen) atoms. The third-order valence-electron chi connectivity index (χ3n) is 5.13. The molecule has 3 aromatic rings. The fraction of sp³-hybridized carbons (Fsp3) is 0.280. The van der Waals surface area contributed by atoms with Crippen molar-refractivity contribution in [1.29, 1.82) is 0 Å². The van der Waals surface area contributed by atoms with Crippen molar-refractivity contribution in [2.75, 3.05) is 42.3 Å². The van der Waals surface area contributed by atoms with Gasteiger partial charge in [-0.05, 0) is 41.0 Å². The molecule has 2 nitrogen and oxygen atoms in total. The van der Waals surface area contributed by atoms with Crippen LogP contribution in [0, 0.1) is 0 Å². The van der Waals surface area contributed by atoms with Gasteiger partial charge >= 0.3 is 0 Å². The third-order valence-corrected chi connectivity index (χ3v) is 5.13. The minimum Gasteiger partial charge on any atom is -1.00 e. The lowest BCUT2D eigenvalue weighted by molar-refractivity contribution is -0.00100. The van der Waals surface area contributed by atoms with Crippen LogP contribution in [0.25, 0.3) is 0 Å². The van der Waals surface area contributed by atoms with Crippen molar-refractivity contribution in [1.82, 2.24) is 8.97 Å². The summed E-state index contributed by atoms with van der Waals surface area (Å²) in [6.45, 7) is 0. The van der Waals surface area contributed by atoms with E-state index in [1.54, 1.807) is 0 Å². The Labute approximate surface area is 210 Å². The number of nitrogens with zero attached hydrogens (tertiary/aromatic N) is 2. The van der Waals surface area contributed by atoms with Gasteiger partial charge in [-0.15, -0.1) is 0 Å². The lowest BCUT2D eigenvalue weighted by atomic mass is 9.85. The standard InChI is InChI=1S/C25H32N2.2HI/c1-26(2,3)23-16-12-21(13-17-23)25(20-10-8-7-9-11-20)22-14-18-24(19-15-22)27(4,5)6;;/h7-19,25H,1-6H3;2*1H/q+2;;/p-2. The summed E-state index contributed by atoms with van der Waals surface area (Å²) in [5.41, 5.74) is 6.61. The Balaban J connectivity index is 0.00000210. The molecule has 0 aliphatic rings. The van der Waals surface area contributed by atoms with Crippen molar-refractivity contribution in [3.8, 4) is 0 Å². The largest absolute Gasteiger partial charge is 1.00 e. The quantitative estimate of drug-likeness (QED) is 0.202. The maximum atomic E-state index is 2.28. The van der Waals surface area contributed by atoms with E-state index >= 15 is 0 Å². The SMILES string of the molecule is C[N+](C)(C)c1ccc(C(c2ccccc2)c2ccc([N+](C)(C)C)cc2)cc1.[I-].[I-]. The highest BCUT2D eigenvalue weighted by Crippen LogP contribution is 2.34. The second-order valence-corrected chi connectivity index (χ2v) is 9.05. The van der Waals surface area contributed by atoms with E-state index in [-0.39, 0.29) is 53.9 Å². The molecule has 0 unspecified atom stereocenters. The Bertz CT molecular complexity index is 818. The van der Waals surface area contributed by atoms with E-state index in [1.165, 1.54) is 28.1 Å². The molecule has 0 aliphatic heterocycles. The molecule has 0 aliphatic carbocycles. The number of benzene rings is 3. The molecule has 3 aromatic carbocycles. The Morgan fingerprint density at radius 3 is 1.07 bits per heavy atom. The lowest BCUT2D eigenvalue weighted by Gasteiger charge is -2.26. The smallest absolute Gasteiger partial charge is 0.132 e. The highest BCUT2D eigenvalue weighted by atomic mass is 127. The number of halogens is 2. The molecule has 0 saturated carbocycles. The molecule has 0 saturated heterocycles. The zero-order chi connectivity index (χ0) is 19.7. The van der Waals surface area contributed by atoms with E-state index in [0.717, 1.165) is 8.97 Å².